The van der Waals surface area contributed by atoms with E-state index < -0.39 is 0 Å². The van der Waals surface area contributed by atoms with E-state index in [4.69, 9.17) is 21.1 Å². The highest BCUT2D eigenvalue weighted by atomic mass is 35.5. The lowest BCUT2D eigenvalue weighted by atomic mass is 10.2. The zero-order valence-electron chi connectivity index (χ0n) is 14.3. The molecule has 1 N–H and O–H groups in total. The van der Waals surface area contributed by atoms with E-state index >= 15 is 0 Å². The number of amides is 1. The van der Waals surface area contributed by atoms with Gasteiger partial charge in [0, 0.05) is 16.0 Å². The van der Waals surface area contributed by atoms with E-state index in [1.807, 2.05) is 12.3 Å². The van der Waals surface area contributed by atoms with Crippen LogP contribution in [0.25, 0.3) is 0 Å². The molecule has 1 heterocycles. The molecule has 0 spiro atoms. The average molecular weight is 389 g/mol. The summed E-state index contributed by atoms with van der Waals surface area (Å²) in [6.45, 7) is 2.31. The first kappa shape index (κ1) is 18.2. The minimum atomic E-state index is -0.277. The highest BCUT2D eigenvalue weighted by Crippen LogP contribution is 2.28. The van der Waals surface area contributed by atoms with Crippen molar-refractivity contribution in [1.29, 1.82) is 0 Å². The Labute approximate surface area is 160 Å². The number of nitrogens with zero attached hydrogens (tertiary/aromatic N) is 1. The molecule has 0 bridgehead atoms. The first-order valence-electron chi connectivity index (χ1n) is 7.84. The van der Waals surface area contributed by atoms with Gasteiger partial charge >= 0.3 is 0 Å². The summed E-state index contributed by atoms with van der Waals surface area (Å²) in [7, 11) is 1.54. The Morgan fingerprint density at radius 3 is 2.85 bits per heavy atom. The molecule has 5 nitrogen and oxygen atoms in total. The second-order valence-corrected chi connectivity index (χ2v) is 6.97. The fraction of sp³-hybridized carbons (Fsp3) is 0.158. The molecular formula is C19H17ClN2O3S. The predicted octanol–water partition coefficient (Wildman–Crippen LogP) is 4.94. The van der Waals surface area contributed by atoms with Crippen LogP contribution in [0.2, 0.25) is 5.02 Å². The van der Waals surface area contributed by atoms with Gasteiger partial charge in [-0.05, 0) is 43.3 Å². The van der Waals surface area contributed by atoms with Crippen LogP contribution in [0.15, 0.2) is 47.8 Å². The molecule has 0 fully saturated rings. The summed E-state index contributed by atoms with van der Waals surface area (Å²) >= 11 is 7.57. The molecule has 0 aliphatic heterocycles. The van der Waals surface area contributed by atoms with Gasteiger partial charge in [0.25, 0.3) is 5.91 Å². The molecule has 26 heavy (non-hydrogen) atoms. The fourth-order valence-electron chi connectivity index (χ4n) is 2.33. The third-order valence-electron chi connectivity index (χ3n) is 3.56. The van der Waals surface area contributed by atoms with Crippen LogP contribution in [-0.2, 0) is 6.61 Å². The van der Waals surface area contributed by atoms with Crippen molar-refractivity contribution in [3.05, 3.63) is 69.1 Å². The van der Waals surface area contributed by atoms with Crippen molar-refractivity contribution < 1.29 is 14.3 Å². The van der Waals surface area contributed by atoms with E-state index in [0.717, 1.165) is 10.7 Å². The number of ether oxygens (including phenoxy) is 2. The smallest absolute Gasteiger partial charge is 0.255 e. The number of nitrogens with one attached hydrogen (secondary N) is 1. The van der Waals surface area contributed by atoms with E-state index in [-0.39, 0.29) is 5.91 Å². The topological polar surface area (TPSA) is 60.5 Å². The average Bonchev–Trinajstić information content (AvgIpc) is 3.06. The molecule has 0 saturated heterocycles. The van der Waals surface area contributed by atoms with E-state index in [1.165, 1.54) is 7.11 Å². The number of rotatable bonds is 6. The predicted molar refractivity (Wildman–Crippen MR) is 104 cm³/mol. The van der Waals surface area contributed by atoms with Gasteiger partial charge in [-0.2, -0.15) is 0 Å². The van der Waals surface area contributed by atoms with Crippen molar-refractivity contribution in [2.75, 3.05) is 12.4 Å². The Morgan fingerprint density at radius 1 is 1.27 bits per heavy atom. The number of methoxy groups -OCH3 is 1. The number of carbonyl (C=O) groups is 1. The number of aryl methyl sites for hydroxylation is 1. The molecule has 3 aromatic rings. The van der Waals surface area contributed by atoms with Gasteiger partial charge in [-0.3, -0.25) is 4.79 Å². The zero-order valence-corrected chi connectivity index (χ0v) is 15.9. The quantitative estimate of drug-likeness (QED) is 0.649. The third-order valence-corrected chi connectivity index (χ3v) is 4.62. The lowest BCUT2D eigenvalue weighted by molar-refractivity contribution is 0.102. The molecule has 2 aromatic carbocycles. The van der Waals surface area contributed by atoms with E-state index in [9.17, 15) is 4.79 Å². The Morgan fingerprint density at radius 2 is 2.12 bits per heavy atom. The Hall–Kier alpha value is -2.57. The number of anilines is 1. The van der Waals surface area contributed by atoms with Crippen LogP contribution in [-0.4, -0.2) is 18.0 Å². The standard InChI is InChI=1S/C19H17ClN2O3S/c1-12-21-15(11-26-12)10-25-16-5-3-4-13(8-16)19(23)22-17-9-14(20)6-7-18(17)24-2/h3-9,11H,10H2,1-2H3,(H,22,23). The maximum absolute atomic E-state index is 12.5. The van der Waals surface area contributed by atoms with Crippen LogP contribution in [0, 0.1) is 6.92 Å². The molecular weight excluding hydrogens is 372 g/mol. The highest BCUT2D eigenvalue weighted by molar-refractivity contribution is 7.09. The van der Waals surface area contributed by atoms with Gasteiger partial charge in [0.2, 0.25) is 0 Å². The van der Waals surface area contributed by atoms with Crippen molar-refractivity contribution in [3.8, 4) is 11.5 Å². The van der Waals surface area contributed by atoms with Crippen molar-refractivity contribution in [2.24, 2.45) is 0 Å². The second kappa shape index (κ2) is 8.21. The molecule has 0 aliphatic rings. The molecule has 0 unspecified atom stereocenters. The maximum Gasteiger partial charge on any atom is 0.255 e. The Bertz CT molecular complexity index is 927. The van der Waals surface area contributed by atoms with Crippen molar-refractivity contribution >= 4 is 34.5 Å². The SMILES string of the molecule is COc1ccc(Cl)cc1NC(=O)c1cccc(OCc2csc(C)n2)c1. The van der Waals surface area contributed by atoms with E-state index in [0.29, 0.717) is 34.4 Å². The first-order chi connectivity index (χ1) is 12.5. The number of benzene rings is 2. The summed E-state index contributed by atoms with van der Waals surface area (Å²) in [5.74, 6) is 0.857. The third kappa shape index (κ3) is 4.53. The van der Waals surface area contributed by atoms with Crippen molar-refractivity contribution in [3.63, 3.8) is 0 Å². The van der Waals surface area contributed by atoms with Crippen LogP contribution in [0.3, 0.4) is 0 Å². The lowest BCUT2D eigenvalue weighted by Gasteiger charge is -2.11. The van der Waals surface area contributed by atoms with Crippen LogP contribution >= 0.6 is 22.9 Å². The van der Waals surface area contributed by atoms with Gasteiger partial charge in [0.05, 0.1) is 23.5 Å². The second-order valence-electron chi connectivity index (χ2n) is 5.47. The number of halogens is 1. The van der Waals surface area contributed by atoms with E-state index in [1.54, 1.807) is 53.8 Å². The van der Waals surface area contributed by atoms with Crippen LogP contribution < -0.4 is 14.8 Å². The number of carbonyl (C=O) groups excluding carboxylic acids is 1. The molecule has 0 saturated carbocycles. The maximum atomic E-state index is 12.5. The van der Waals surface area contributed by atoms with Crippen LogP contribution in [0.5, 0.6) is 11.5 Å². The molecule has 1 aromatic heterocycles. The van der Waals surface area contributed by atoms with Gasteiger partial charge in [-0.1, -0.05) is 17.7 Å². The molecule has 3 rings (SSSR count). The van der Waals surface area contributed by atoms with Gasteiger partial charge in [-0.15, -0.1) is 11.3 Å². The summed E-state index contributed by atoms with van der Waals surface area (Å²) in [5, 5.41) is 6.27. The monoisotopic (exact) mass is 388 g/mol. The lowest BCUT2D eigenvalue weighted by Crippen LogP contribution is -2.12. The Kier molecular flexibility index (Phi) is 5.75. The number of thiazole rings is 1. The zero-order chi connectivity index (χ0) is 18.5. The number of hydrogen-bond acceptors (Lipinski definition) is 5. The van der Waals surface area contributed by atoms with Crippen molar-refractivity contribution in [2.45, 2.75) is 13.5 Å². The van der Waals surface area contributed by atoms with Crippen LogP contribution in [0.1, 0.15) is 21.1 Å². The summed E-state index contributed by atoms with van der Waals surface area (Å²) in [6.07, 6.45) is 0. The van der Waals surface area contributed by atoms with Crippen molar-refractivity contribution in [1.82, 2.24) is 4.98 Å². The fourth-order valence-corrected chi connectivity index (χ4v) is 3.10. The van der Waals surface area contributed by atoms with E-state index in [2.05, 4.69) is 10.3 Å². The van der Waals surface area contributed by atoms with Gasteiger partial charge in [0.1, 0.15) is 18.1 Å². The van der Waals surface area contributed by atoms with Crippen LogP contribution in [0.4, 0.5) is 5.69 Å². The molecule has 0 radical (unpaired) electrons. The summed E-state index contributed by atoms with van der Waals surface area (Å²) in [4.78, 5) is 16.9. The minimum absolute atomic E-state index is 0.277. The summed E-state index contributed by atoms with van der Waals surface area (Å²) < 4.78 is 11.0. The molecule has 134 valence electrons. The molecule has 0 aliphatic carbocycles. The number of aromatic nitrogens is 1. The molecule has 7 heteroatoms. The van der Waals surface area contributed by atoms with Gasteiger partial charge in [-0.25, -0.2) is 4.98 Å². The normalized spacial score (nSPS) is 10.4. The van der Waals surface area contributed by atoms with Gasteiger partial charge in [0.15, 0.2) is 0 Å². The molecule has 0 atom stereocenters. The molecule has 1 amide bonds. The van der Waals surface area contributed by atoms with Gasteiger partial charge < -0.3 is 14.8 Å². The summed E-state index contributed by atoms with van der Waals surface area (Å²) in [6, 6.07) is 12.0. The minimum Gasteiger partial charge on any atom is -0.495 e. The summed E-state index contributed by atoms with van der Waals surface area (Å²) in [5.41, 5.74) is 1.85. The highest BCUT2D eigenvalue weighted by Gasteiger charge is 2.11. The first-order valence-corrected chi connectivity index (χ1v) is 9.09. The Balaban J connectivity index is 1.71. The largest absolute Gasteiger partial charge is 0.495 e. The number of hydrogen-bond donors (Lipinski definition) is 1.